The third kappa shape index (κ3) is 15.9. The number of hydrogen-bond donors (Lipinski definition) is 3. The van der Waals surface area contributed by atoms with E-state index in [0.717, 1.165) is 0 Å². The van der Waals surface area contributed by atoms with Crippen molar-refractivity contribution in [2.45, 2.75) is 18.1 Å². The first kappa shape index (κ1) is 17.0. The molecular formula is C4H11ClO4Zn. The van der Waals surface area contributed by atoms with Gasteiger partial charge in [0.1, 0.15) is 0 Å². The maximum atomic E-state index is 8.36. The van der Waals surface area contributed by atoms with Crippen LogP contribution in [0.3, 0.4) is 0 Å². The molecule has 6 heteroatoms. The van der Waals surface area contributed by atoms with Gasteiger partial charge >= 0.3 is 0 Å². The average Bonchev–Trinajstić information content (AvgIpc) is 1.59. The van der Waals surface area contributed by atoms with Gasteiger partial charge in [0, 0.05) is 32.5 Å². The van der Waals surface area contributed by atoms with Gasteiger partial charge in [-0.1, -0.05) is 11.6 Å². The molecule has 4 nitrogen and oxygen atoms in total. The Hall–Kier alpha value is 0.753. The first-order valence-corrected chi connectivity index (χ1v) is 2.68. The van der Waals surface area contributed by atoms with Crippen LogP contribution >= 0.6 is 11.6 Å². The minimum Gasteiger partial charge on any atom is -0.412 e. The Bertz CT molecular complexity index is 64.8. The van der Waals surface area contributed by atoms with E-state index in [1.54, 1.807) is 0 Å². The fraction of sp³-hybridized carbons (Fsp3) is 1.00. The fourth-order valence-corrected chi connectivity index (χ4v) is 0.438. The maximum absolute atomic E-state index is 8.36. The number of hydrogen-bond acceptors (Lipinski definition) is 3. The van der Waals surface area contributed by atoms with Gasteiger partial charge in [0.2, 0.25) is 5.25 Å². The van der Waals surface area contributed by atoms with Crippen LogP contribution in [0.4, 0.5) is 0 Å². The van der Waals surface area contributed by atoms with E-state index in [9.17, 15) is 0 Å². The van der Waals surface area contributed by atoms with E-state index in [1.165, 1.54) is 0 Å². The van der Waals surface area contributed by atoms with Crippen molar-refractivity contribution >= 4 is 11.6 Å². The van der Waals surface area contributed by atoms with Crippen molar-refractivity contribution in [3.63, 3.8) is 0 Å². The Morgan fingerprint density at radius 1 is 1.30 bits per heavy atom. The second-order valence-electron chi connectivity index (χ2n) is 1.55. The van der Waals surface area contributed by atoms with Crippen LogP contribution in [0.25, 0.3) is 0 Å². The predicted molar refractivity (Wildman–Crippen MR) is 33.0 cm³/mol. The molecule has 0 aliphatic heterocycles. The van der Waals surface area contributed by atoms with Gasteiger partial charge in [0.15, 0.2) is 0 Å². The molecule has 0 saturated heterocycles. The van der Waals surface area contributed by atoms with E-state index in [4.69, 9.17) is 26.9 Å². The molecule has 0 rings (SSSR count). The smallest absolute Gasteiger partial charge is 0.243 e. The predicted octanol–water partition coefficient (Wildman–Crippen LogP) is -1.19. The number of aliphatic hydroxyl groups excluding tert-OH is 1. The van der Waals surface area contributed by atoms with Gasteiger partial charge < -0.3 is 20.8 Å². The molecule has 0 aliphatic rings. The molecule has 10 heavy (non-hydrogen) atoms. The molecule has 0 bridgehead atoms. The van der Waals surface area contributed by atoms with Gasteiger partial charge in [-0.2, -0.15) is 0 Å². The zero-order chi connectivity index (χ0) is 6.62. The van der Waals surface area contributed by atoms with Crippen LogP contribution in [0.5, 0.6) is 0 Å². The van der Waals surface area contributed by atoms with Crippen LogP contribution in [0.1, 0.15) is 12.8 Å². The molecule has 0 saturated carbocycles. The molecule has 60 valence electrons. The van der Waals surface area contributed by atoms with Crippen molar-refractivity contribution in [1.82, 2.24) is 0 Å². The molecule has 5 N–H and O–H groups in total. The molecule has 0 unspecified atom stereocenters. The summed E-state index contributed by atoms with van der Waals surface area (Å²) in [6.45, 7) is -0.0738. The normalized spacial score (nSPS) is 9.60. The number of rotatable bonds is 3. The molecule has 0 aromatic carbocycles. The van der Waals surface area contributed by atoms with Crippen molar-refractivity contribution in [3.8, 4) is 0 Å². The Morgan fingerprint density at radius 2 is 1.70 bits per heavy atom. The first-order valence-electron chi connectivity index (χ1n) is 2.31. The summed E-state index contributed by atoms with van der Waals surface area (Å²) in [5.74, 6) is 0. The van der Waals surface area contributed by atoms with E-state index in [1.807, 2.05) is 0 Å². The summed E-state index contributed by atoms with van der Waals surface area (Å²) < 4.78 is 0. The van der Waals surface area contributed by atoms with Gasteiger partial charge in [-0.3, -0.25) is 0 Å². The summed E-state index contributed by atoms with van der Waals surface area (Å²) in [6.07, 6.45) is 0.293. The summed E-state index contributed by atoms with van der Waals surface area (Å²) in [5.41, 5.74) is 0. The molecule has 0 aliphatic carbocycles. The molecule has 0 atom stereocenters. The summed E-state index contributed by atoms with van der Waals surface area (Å²) in [6, 6.07) is 0. The summed E-state index contributed by atoms with van der Waals surface area (Å²) >= 11 is 4.91. The Kier molecular flexibility index (Phi) is 13.4. The van der Waals surface area contributed by atoms with Gasteiger partial charge in [-0.05, 0) is 6.42 Å². The largest absolute Gasteiger partial charge is 0.412 e. The summed E-state index contributed by atoms with van der Waals surface area (Å²) in [4.78, 5) is 0. The van der Waals surface area contributed by atoms with Gasteiger partial charge in [0.05, 0.1) is 0 Å². The molecular weight excluding hydrogens is 213 g/mol. The van der Waals surface area contributed by atoms with Crippen LogP contribution < -0.4 is 0 Å². The van der Waals surface area contributed by atoms with Gasteiger partial charge in [0.25, 0.3) is 0 Å². The number of aliphatic hydroxyl groups is 3. The third-order valence-corrected chi connectivity index (χ3v) is 0.842. The summed E-state index contributed by atoms with van der Waals surface area (Å²) in [5, 5.41) is 22.7. The van der Waals surface area contributed by atoms with Crippen molar-refractivity contribution in [2.75, 3.05) is 6.61 Å². The van der Waals surface area contributed by atoms with E-state index in [-0.39, 0.29) is 38.0 Å². The van der Waals surface area contributed by atoms with E-state index >= 15 is 0 Å². The van der Waals surface area contributed by atoms with Gasteiger partial charge in [-0.25, -0.2) is 0 Å². The zero-order valence-corrected chi connectivity index (χ0v) is 9.27. The SMILES string of the molecule is O.OCCCC(O)(O)Cl.[Zn]. The second kappa shape index (κ2) is 7.86. The molecule has 0 fully saturated rings. The zero-order valence-electron chi connectivity index (χ0n) is 5.55. The quantitative estimate of drug-likeness (QED) is 0.319. The van der Waals surface area contributed by atoms with Crippen LogP contribution in [-0.4, -0.2) is 32.6 Å². The van der Waals surface area contributed by atoms with Crippen molar-refractivity contribution in [1.29, 1.82) is 0 Å². The van der Waals surface area contributed by atoms with E-state index < -0.39 is 5.25 Å². The van der Waals surface area contributed by atoms with Crippen LogP contribution in [0.2, 0.25) is 0 Å². The van der Waals surface area contributed by atoms with Gasteiger partial charge in [-0.15, -0.1) is 0 Å². The van der Waals surface area contributed by atoms with Crippen molar-refractivity contribution < 1.29 is 40.3 Å². The van der Waals surface area contributed by atoms with Crippen molar-refractivity contribution in [3.05, 3.63) is 0 Å². The first-order chi connectivity index (χ1) is 3.56. The molecule has 0 aromatic rings. The minimum absolute atomic E-state index is 0. The number of alkyl halides is 1. The monoisotopic (exact) mass is 222 g/mol. The Balaban J connectivity index is -0.000000245. The fourth-order valence-electron chi connectivity index (χ4n) is 0.304. The minimum atomic E-state index is -2.14. The molecule has 0 radical (unpaired) electrons. The molecule has 0 spiro atoms. The standard InChI is InChI=1S/C4H9ClO3.H2O.Zn/c5-4(7,8)2-1-3-6;;/h6-8H,1-3H2;1H2;. The topological polar surface area (TPSA) is 92.2 Å². The third-order valence-electron chi connectivity index (χ3n) is 0.653. The molecule has 0 heterocycles. The molecule has 0 aromatic heterocycles. The Morgan fingerprint density at radius 3 is 1.80 bits per heavy atom. The second-order valence-corrected chi connectivity index (χ2v) is 2.15. The summed E-state index contributed by atoms with van der Waals surface area (Å²) in [7, 11) is 0. The molecule has 0 amide bonds. The maximum Gasteiger partial charge on any atom is 0.243 e. The van der Waals surface area contributed by atoms with Crippen molar-refractivity contribution in [2.24, 2.45) is 0 Å². The van der Waals surface area contributed by atoms with E-state index in [0.29, 0.717) is 6.42 Å². The number of halogens is 1. The average molecular weight is 224 g/mol. The van der Waals surface area contributed by atoms with E-state index in [2.05, 4.69) is 0 Å². The van der Waals surface area contributed by atoms with Crippen LogP contribution in [-0.2, 0) is 19.5 Å². The van der Waals surface area contributed by atoms with Crippen LogP contribution in [0.15, 0.2) is 0 Å². The Labute approximate surface area is 76.9 Å². The van der Waals surface area contributed by atoms with Crippen LogP contribution in [0, 0.1) is 0 Å².